The van der Waals surface area contributed by atoms with Crippen molar-refractivity contribution in [3.63, 3.8) is 0 Å². The molecule has 0 aliphatic carbocycles. The summed E-state index contributed by atoms with van der Waals surface area (Å²) in [5, 5.41) is 8.83. The van der Waals surface area contributed by atoms with Gasteiger partial charge in [0.2, 0.25) is 0 Å². The van der Waals surface area contributed by atoms with Gasteiger partial charge < -0.3 is 14.4 Å². The number of aromatic nitrogens is 2. The SMILES string of the molecule is O=C(OCCO)c1nc(-c2ccccc2)n2c1CCCCC2. The maximum atomic E-state index is 12.2. The van der Waals surface area contributed by atoms with Gasteiger partial charge in [0.1, 0.15) is 12.4 Å². The van der Waals surface area contributed by atoms with E-state index in [0.717, 1.165) is 49.3 Å². The molecule has 0 amide bonds. The molecule has 0 saturated heterocycles. The molecule has 0 fully saturated rings. The van der Waals surface area contributed by atoms with E-state index in [0.29, 0.717) is 5.69 Å². The summed E-state index contributed by atoms with van der Waals surface area (Å²) >= 11 is 0. The zero-order valence-corrected chi connectivity index (χ0v) is 12.5. The summed E-state index contributed by atoms with van der Waals surface area (Å²) in [6.45, 7) is 0.707. The molecule has 5 heteroatoms. The number of aliphatic hydroxyl groups excluding tert-OH is 1. The number of nitrogens with zero attached hydrogens (tertiary/aromatic N) is 2. The Labute approximate surface area is 129 Å². The smallest absolute Gasteiger partial charge is 0.358 e. The van der Waals surface area contributed by atoms with Gasteiger partial charge in [0, 0.05) is 12.1 Å². The number of benzene rings is 1. The molecule has 1 aliphatic rings. The minimum atomic E-state index is -0.443. The first-order chi connectivity index (χ1) is 10.8. The fourth-order valence-corrected chi connectivity index (χ4v) is 2.90. The highest BCUT2D eigenvalue weighted by atomic mass is 16.5. The lowest BCUT2D eigenvalue weighted by molar-refractivity contribution is 0.0426. The van der Waals surface area contributed by atoms with Gasteiger partial charge in [0.15, 0.2) is 5.69 Å². The summed E-state index contributed by atoms with van der Waals surface area (Å²) in [5.74, 6) is 0.385. The summed E-state index contributed by atoms with van der Waals surface area (Å²) in [4.78, 5) is 16.8. The topological polar surface area (TPSA) is 64.3 Å². The van der Waals surface area contributed by atoms with Crippen molar-refractivity contribution in [3.8, 4) is 11.4 Å². The summed E-state index contributed by atoms with van der Waals surface area (Å²) in [6.07, 6.45) is 4.14. The van der Waals surface area contributed by atoms with Gasteiger partial charge in [-0.1, -0.05) is 36.8 Å². The number of hydrogen-bond acceptors (Lipinski definition) is 4. The standard InChI is InChI=1S/C17H20N2O3/c20-11-12-22-17(21)15-14-9-5-2-6-10-19(14)16(18-15)13-7-3-1-4-8-13/h1,3-4,7-8,20H,2,5-6,9-12H2. The fraction of sp³-hybridized carbons (Fsp3) is 0.412. The molecule has 0 atom stereocenters. The summed E-state index contributed by atoms with van der Waals surface area (Å²) in [7, 11) is 0. The van der Waals surface area contributed by atoms with Gasteiger partial charge in [-0.25, -0.2) is 9.78 Å². The van der Waals surface area contributed by atoms with E-state index < -0.39 is 5.97 Å². The minimum Gasteiger partial charge on any atom is -0.458 e. The Morgan fingerprint density at radius 1 is 1.23 bits per heavy atom. The molecule has 0 saturated carbocycles. The Balaban J connectivity index is 2.04. The molecule has 0 bridgehead atoms. The first kappa shape index (κ1) is 14.8. The maximum Gasteiger partial charge on any atom is 0.358 e. The molecule has 0 unspecified atom stereocenters. The maximum absolute atomic E-state index is 12.2. The quantitative estimate of drug-likeness (QED) is 0.881. The third-order valence-electron chi connectivity index (χ3n) is 3.92. The van der Waals surface area contributed by atoms with Crippen LogP contribution in [0.1, 0.15) is 35.4 Å². The number of rotatable bonds is 4. The Bertz CT molecular complexity index is 649. The van der Waals surface area contributed by atoms with Crippen molar-refractivity contribution in [1.82, 2.24) is 9.55 Å². The van der Waals surface area contributed by atoms with Crippen LogP contribution in [-0.2, 0) is 17.7 Å². The van der Waals surface area contributed by atoms with Gasteiger partial charge in [0.05, 0.1) is 12.3 Å². The number of esters is 1. The normalized spacial score (nSPS) is 14.2. The van der Waals surface area contributed by atoms with Crippen LogP contribution >= 0.6 is 0 Å². The first-order valence-electron chi connectivity index (χ1n) is 7.74. The molecule has 0 radical (unpaired) electrons. The van der Waals surface area contributed by atoms with Crippen molar-refractivity contribution in [2.45, 2.75) is 32.2 Å². The minimum absolute atomic E-state index is 0.00576. The molecular formula is C17H20N2O3. The summed E-state index contributed by atoms with van der Waals surface area (Å²) in [5.41, 5.74) is 2.36. The molecule has 22 heavy (non-hydrogen) atoms. The third kappa shape index (κ3) is 2.90. The van der Waals surface area contributed by atoms with Crippen molar-refractivity contribution in [1.29, 1.82) is 0 Å². The van der Waals surface area contributed by atoms with E-state index >= 15 is 0 Å². The lowest BCUT2D eigenvalue weighted by atomic mass is 10.1. The highest BCUT2D eigenvalue weighted by Gasteiger charge is 2.25. The molecule has 1 N–H and O–H groups in total. The number of imidazole rings is 1. The van der Waals surface area contributed by atoms with E-state index in [4.69, 9.17) is 9.84 Å². The molecule has 2 aromatic rings. The molecule has 2 heterocycles. The van der Waals surface area contributed by atoms with Crippen LogP contribution in [0, 0.1) is 0 Å². The van der Waals surface area contributed by atoms with E-state index in [-0.39, 0.29) is 13.2 Å². The Morgan fingerprint density at radius 3 is 2.82 bits per heavy atom. The van der Waals surface area contributed by atoms with Crippen molar-refractivity contribution in [2.24, 2.45) is 0 Å². The predicted molar refractivity (Wildman–Crippen MR) is 82.6 cm³/mol. The zero-order chi connectivity index (χ0) is 15.4. The van der Waals surface area contributed by atoms with Crippen LogP contribution in [-0.4, -0.2) is 33.8 Å². The van der Waals surface area contributed by atoms with Crippen LogP contribution in [0.5, 0.6) is 0 Å². The van der Waals surface area contributed by atoms with Crippen molar-refractivity contribution in [3.05, 3.63) is 41.7 Å². The van der Waals surface area contributed by atoms with Gasteiger partial charge in [-0.3, -0.25) is 0 Å². The van der Waals surface area contributed by atoms with Crippen LogP contribution in [0.25, 0.3) is 11.4 Å². The average Bonchev–Trinajstić information content (AvgIpc) is 2.75. The van der Waals surface area contributed by atoms with Gasteiger partial charge in [0.25, 0.3) is 0 Å². The summed E-state index contributed by atoms with van der Waals surface area (Å²) < 4.78 is 7.22. The van der Waals surface area contributed by atoms with E-state index in [1.807, 2.05) is 30.3 Å². The van der Waals surface area contributed by atoms with Crippen molar-refractivity contribution in [2.75, 3.05) is 13.2 Å². The predicted octanol–water partition coefficient (Wildman–Crippen LogP) is 2.43. The van der Waals surface area contributed by atoms with Crippen molar-refractivity contribution >= 4 is 5.97 Å². The Kier molecular flexibility index (Phi) is 4.53. The molecule has 1 aliphatic heterocycles. The monoisotopic (exact) mass is 300 g/mol. The molecule has 3 rings (SSSR count). The number of carbonyl (C=O) groups excluding carboxylic acids is 1. The second-order valence-electron chi connectivity index (χ2n) is 5.42. The van der Waals surface area contributed by atoms with E-state index in [9.17, 15) is 4.79 Å². The molecule has 0 spiro atoms. The number of fused-ring (bicyclic) bond motifs is 1. The van der Waals surface area contributed by atoms with Crippen LogP contribution in [0.2, 0.25) is 0 Å². The first-order valence-corrected chi connectivity index (χ1v) is 7.74. The molecule has 1 aromatic heterocycles. The van der Waals surface area contributed by atoms with Gasteiger partial charge in [-0.2, -0.15) is 0 Å². The van der Waals surface area contributed by atoms with Crippen LogP contribution in [0.4, 0.5) is 0 Å². The zero-order valence-electron chi connectivity index (χ0n) is 12.5. The largest absolute Gasteiger partial charge is 0.458 e. The van der Waals surface area contributed by atoms with E-state index in [2.05, 4.69) is 9.55 Å². The third-order valence-corrected chi connectivity index (χ3v) is 3.92. The lowest BCUT2D eigenvalue weighted by Gasteiger charge is -2.08. The van der Waals surface area contributed by atoms with E-state index in [1.165, 1.54) is 0 Å². The van der Waals surface area contributed by atoms with Gasteiger partial charge in [-0.15, -0.1) is 0 Å². The van der Waals surface area contributed by atoms with Crippen LogP contribution in [0.3, 0.4) is 0 Å². The number of hydrogen-bond donors (Lipinski definition) is 1. The number of aliphatic hydroxyl groups is 1. The fourth-order valence-electron chi connectivity index (χ4n) is 2.90. The van der Waals surface area contributed by atoms with E-state index in [1.54, 1.807) is 0 Å². The lowest BCUT2D eigenvalue weighted by Crippen LogP contribution is -2.12. The number of carbonyl (C=O) groups is 1. The average molecular weight is 300 g/mol. The second kappa shape index (κ2) is 6.75. The molecular weight excluding hydrogens is 280 g/mol. The van der Waals surface area contributed by atoms with Gasteiger partial charge >= 0.3 is 5.97 Å². The second-order valence-corrected chi connectivity index (χ2v) is 5.42. The van der Waals surface area contributed by atoms with Crippen molar-refractivity contribution < 1.29 is 14.6 Å². The molecule has 5 nitrogen and oxygen atoms in total. The Morgan fingerprint density at radius 2 is 2.05 bits per heavy atom. The highest BCUT2D eigenvalue weighted by Crippen LogP contribution is 2.27. The molecule has 116 valence electrons. The highest BCUT2D eigenvalue weighted by molar-refractivity contribution is 5.89. The van der Waals surface area contributed by atoms with Crippen LogP contribution < -0.4 is 0 Å². The Hall–Kier alpha value is -2.14. The molecule has 1 aromatic carbocycles. The van der Waals surface area contributed by atoms with Crippen LogP contribution in [0.15, 0.2) is 30.3 Å². The van der Waals surface area contributed by atoms with Gasteiger partial charge in [-0.05, 0) is 19.3 Å². The number of ether oxygens (including phenoxy) is 1. The summed E-state index contributed by atoms with van der Waals surface area (Å²) in [6, 6.07) is 9.91.